The van der Waals surface area contributed by atoms with E-state index < -0.39 is 31.4 Å². The number of benzene rings is 3. The highest BCUT2D eigenvalue weighted by atomic mass is 32.2. The molecule has 3 aromatic carbocycles. The number of sulfonamides is 1. The van der Waals surface area contributed by atoms with Crippen LogP contribution >= 0.6 is 0 Å². The molecular weight excluding hydrogens is 448 g/mol. The van der Waals surface area contributed by atoms with Gasteiger partial charge in [0.2, 0.25) is 5.90 Å². The highest BCUT2D eigenvalue weighted by molar-refractivity contribution is 7.92. The van der Waals surface area contributed by atoms with Crippen molar-refractivity contribution in [2.75, 3.05) is 23.2 Å². The topological polar surface area (TPSA) is 140 Å². The Bertz CT molecular complexity index is 1370. The van der Waals surface area contributed by atoms with Crippen molar-refractivity contribution in [2.45, 2.75) is 4.90 Å². The number of carbonyl (C=O) groups is 1. The third-order valence-electron chi connectivity index (χ3n) is 4.76. The lowest BCUT2D eigenvalue weighted by molar-refractivity contribution is -0.387. The van der Waals surface area contributed by atoms with E-state index in [4.69, 9.17) is 4.74 Å². The Morgan fingerprint density at radius 1 is 0.970 bits per heavy atom. The van der Waals surface area contributed by atoms with Gasteiger partial charge in [-0.15, -0.1) is 0 Å². The number of anilines is 2. The molecule has 0 bridgehead atoms. The Labute approximate surface area is 189 Å². The summed E-state index contributed by atoms with van der Waals surface area (Å²) in [5.74, 6) is -0.168. The van der Waals surface area contributed by atoms with Crippen LogP contribution in [0.1, 0.15) is 15.9 Å². The number of nitro groups is 1. The van der Waals surface area contributed by atoms with Crippen LogP contribution in [0.5, 0.6) is 0 Å². The van der Waals surface area contributed by atoms with Gasteiger partial charge in [0, 0.05) is 6.07 Å². The van der Waals surface area contributed by atoms with Crippen molar-refractivity contribution in [3.63, 3.8) is 0 Å². The summed E-state index contributed by atoms with van der Waals surface area (Å²) in [6.45, 7) is 0.974. The fourth-order valence-electron chi connectivity index (χ4n) is 3.27. The van der Waals surface area contributed by atoms with Gasteiger partial charge in [0.25, 0.3) is 21.6 Å². The number of ether oxygens (including phenoxy) is 1. The predicted octanol–water partition coefficient (Wildman–Crippen LogP) is 3.42. The number of rotatable bonds is 7. The molecule has 1 aliphatic heterocycles. The summed E-state index contributed by atoms with van der Waals surface area (Å²) >= 11 is 0. The van der Waals surface area contributed by atoms with Gasteiger partial charge in [-0.05, 0) is 30.3 Å². The Morgan fingerprint density at radius 3 is 2.36 bits per heavy atom. The largest absolute Gasteiger partial charge is 0.475 e. The van der Waals surface area contributed by atoms with E-state index in [-0.39, 0.29) is 11.3 Å². The van der Waals surface area contributed by atoms with Crippen molar-refractivity contribution < 1.29 is 22.9 Å². The Morgan fingerprint density at radius 2 is 1.64 bits per heavy atom. The van der Waals surface area contributed by atoms with Crippen LogP contribution in [-0.4, -0.2) is 38.3 Å². The molecule has 168 valence electrons. The minimum Gasteiger partial charge on any atom is -0.475 e. The van der Waals surface area contributed by atoms with Gasteiger partial charge >= 0.3 is 0 Å². The second-order valence-corrected chi connectivity index (χ2v) is 8.56. The fourth-order valence-corrected chi connectivity index (χ4v) is 4.52. The molecule has 0 aliphatic carbocycles. The number of nitrogens with zero attached hydrogens (tertiary/aromatic N) is 2. The van der Waals surface area contributed by atoms with Gasteiger partial charge in [-0.3, -0.25) is 19.6 Å². The number of carbonyl (C=O) groups excluding carboxylic acids is 1. The van der Waals surface area contributed by atoms with Crippen molar-refractivity contribution >= 4 is 38.9 Å². The first-order valence-corrected chi connectivity index (χ1v) is 11.3. The molecule has 0 aromatic heterocycles. The molecular formula is C22H18N4O6S. The van der Waals surface area contributed by atoms with Crippen molar-refractivity contribution in [1.29, 1.82) is 0 Å². The minimum absolute atomic E-state index is 0.0277. The summed E-state index contributed by atoms with van der Waals surface area (Å²) in [7, 11) is -4.35. The average Bonchev–Trinajstić information content (AvgIpc) is 3.34. The third-order valence-corrected chi connectivity index (χ3v) is 6.17. The van der Waals surface area contributed by atoms with Crippen LogP contribution in [0.15, 0.2) is 82.7 Å². The lowest BCUT2D eigenvalue weighted by Crippen LogP contribution is -2.20. The number of amides is 1. The number of nitrogens with one attached hydrogen (secondary N) is 2. The van der Waals surface area contributed by atoms with E-state index in [9.17, 15) is 23.3 Å². The monoisotopic (exact) mass is 466 g/mol. The van der Waals surface area contributed by atoms with Crippen molar-refractivity contribution in [3.8, 4) is 0 Å². The lowest BCUT2D eigenvalue weighted by Gasteiger charge is -2.14. The van der Waals surface area contributed by atoms with Gasteiger partial charge in [-0.1, -0.05) is 36.4 Å². The second kappa shape index (κ2) is 9.09. The second-order valence-electron chi connectivity index (χ2n) is 6.91. The number of nitro benzene ring substituents is 1. The van der Waals surface area contributed by atoms with Gasteiger partial charge in [0.05, 0.1) is 34.0 Å². The maximum atomic E-state index is 13.1. The van der Waals surface area contributed by atoms with Gasteiger partial charge in [-0.2, -0.15) is 0 Å². The first-order chi connectivity index (χ1) is 15.9. The molecule has 0 spiro atoms. The molecule has 3 aromatic rings. The molecule has 0 fully saturated rings. The smallest absolute Gasteiger partial charge is 0.289 e. The molecule has 11 heteroatoms. The van der Waals surface area contributed by atoms with E-state index >= 15 is 0 Å². The van der Waals surface area contributed by atoms with E-state index in [0.29, 0.717) is 30.3 Å². The van der Waals surface area contributed by atoms with E-state index in [1.807, 2.05) is 0 Å². The minimum atomic E-state index is -4.35. The van der Waals surface area contributed by atoms with Crippen LogP contribution < -0.4 is 10.0 Å². The summed E-state index contributed by atoms with van der Waals surface area (Å²) in [4.78, 5) is 27.3. The average molecular weight is 466 g/mol. The molecule has 4 rings (SSSR count). The zero-order valence-electron chi connectivity index (χ0n) is 17.1. The molecule has 0 atom stereocenters. The van der Waals surface area contributed by atoms with Crippen LogP contribution in [0.2, 0.25) is 0 Å². The number of aliphatic imine (C=N–C) groups is 1. The molecule has 2 N–H and O–H groups in total. The molecule has 1 heterocycles. The van der Waals surface area contributed by atoms with Crippen molar-refractivity contribution in [3.05, 3.63) is 94.0 Å². The maximum absolute atomic E-state index is 13.1. The number of hydrogen-bond acceptors (Lipinski definition) is 7. The Balaban J connectivity index is 1.64. The molecule has 33 heavy (non-hydrogen) atoms. The van der Waals surface area contributed by atoms with Gasteiger partial charge in [0.15, 0.2) is 4.90 Å². The SMILES string of the molecule is O=C(Nc1ccccc1C1=NCCO1)c1ccccc1NS(=O)(=O)c1ccccc1[N+](=O)[O-]. The molecule has 0 unspecified atom stereocenters. The first kappa shape index (κ1) is 22.0. The quantitative estimate of drug-likeness (QED) is 0.404. The molecule has 0 saturated carbocycles. The first-order valence-electron chi connectivity index (χ1n) is 9.80. The standard InChI is InChI=1S/C22H18N4O6S/c27-21(24-17-9-3-2-8-16(17)22-23-13-14-32-22)15-7-1-4-10-18(15)25-33(30,31)20-12-6-5-11-19(20)26(28)29/h1-12,25H,13-14H2,(H,24,27). The lowest BCUT2D eigenvalue weighted by atomic mass is 10.1. The summed E-state index contributed by atoms with van der Waals surface area (Å²) in [6.07, 6.45) is 0. The third kappa shape index (κ3) is 4.67. The Hall–Kier alpha value is -4.25. The van der Waals surface area contributed by atoms with E-state index in [1.54, 1.807) is 36.4 Å². The molecule has 1 aliphatic rings. The zero-order valence-corrected chi connectivity index (χ0v) is 17.9. The van der Waals surface area contributed by atoms with Crippen molar-refractivity contribution in [1.82, 2.24) is 0 Å². The molecule has 0 radical (unpaired) electrons. The zero-order chi connectivity index (χ0) is 23.4. The number of para-hydroxylation sites is 3. The molecule has 1 amide bonds. The summed E-state index contributed by atoms with van der Waals surface area (Å²) < 4.78 is 33.6. The van der Waals surface area contributed by atoms with Crippen LogP contribution in [0.3, 0.4) is 0 Å². The summed E-state index contributed by atoms with van der Waals surface area (Å²) in [5, 5.41) is 14.0. The van der Waals surface area contributed by atoms with Crippen LogP contribution in [0, 0.1) is 10.1 Å². The highest BCUT2D eigenvalue weighted by Gasteiger charge is 2.27. The number of hydrogen-bond donors (Lipinski definition) is 2. The fraction of sp³-hybridized carbons (Fsp3) is 0.0909. The van der Waals surface area contributed by atoms with Gasteiger partial charge in [-0.25, -0.2) is 13.4 Å². The summed E-state index contributed by atoms with van der Waals surface area (Å²) in [5.41, 5.74) is 0.475. The molecule has 10 nitrogen and oxygen atoms in total. The van der Waals surface area contributed by atoms with Crippen LogP contribution in [-0.2, 0) is 14.8 Å². The maximum Gasteiger partial charge on any atom is 0.289 e. The normalized spacial score (nSPS) is 13.0. The van der Waals surface area contributed by atoms with E-state index in [1.165, 1.54) is 24.3 Å². The van der Waals surface area contributed by atoms with Gasteiger partial charge < -0.3 is 10.1 Å². The van der Waals surface area contributed by atoms with Crippen molar-refractivity contribution in [2.24, 2.45) is 4.99 Å². The van der Waals surface area contributed by atoms with E-state index in [2.05, 4.69) is 15.0 Å². The van der Waals surface area contributed by atoms with Crippen LogP contribution in [0.25, 0.3) is 0 Å². The molecule has 0 saturated heterocycles. The summed E-state index contributed by atoms with van der Waals surface area (Å²) in [6, 6.07) is 17.9. The van der Waals surface area contributed by atoms with E-state index in [0.717, 1.165) is 12.1 Å². The highest BCUT2D eigenvalue weighted by Crippen LogP contribution is 2.27. The Kier molecular flexibility index (Phi) is 6.05. The predicted molar refractivity (Wildman–Crippen MR) is 122 cm³/mol. The van der Waals surface area contributed by atoms with Crippen LogP contribution in [0.4, 0.5) is 17.1 Å². The van der Waals surface area contributed by atoms with Gasteiger partial charge in [0.1, 0.15) is 6.61 Å².